The van der Waals surface area contributed by atoms with E-state index < -0.39 is 0 Å². The fraction of sp³-hybridized carbons (Fsp3) is 0.400. The van der Waals surface area contributed by atoms with Gasteiger partial charge in [-0.05, 0) is 12.6 Å². The highest BCUT2D eigenvalue weighted by Crippen LogP contribution is 2.35. The van der Waals surface area contributed by atoms with Gasteiger partial charge < -0.3 is 9.80 Å². The summed E-state index contributed by atoms with van der Waals surface area (Å²) in [4.78, 5) is 17.6. The third-order valence-electron chi connectivity index (χ3n) is 3.84. The van der Waals surface area contributed by atoms with Gasteiger partial charge in [-0.25, -0.2) is 0 Å². The maximum atomic E-state index is 12.6. The second kappa shape index (κ2) is 5.72. The fourth-order valence-corrected chi connectivity index (χ4v) is 4.04. The minimum Gasteiger partial charge on any atom is -0.335 e. The van der Waals surface area contributed by atoms with E-state index in [-0.39, 0.29) is 5.91 Å². The first-order valence-corrected chi connectivity index (χ1v) is 8.09. The van der Waals surface area contributed by atoms with E-state index in [1.54, 1.807) is 0 Å². The molecule has 0 spiro atoms. The Morgan fingerprint density at radius 3 is 2.60 bits per heavy atom. The molecular formula is C15H17ClN2OS. The van der Waals surface area contributed by atoms with Crippen LogP contribution < -0.4 is 0 Å². The Morgan fingerprint density at radius 1 is 1.25 bits per heavy atom. The Kier molecular flexibility index (Phi) is 3.96. The van der Waals surface area contributed by atoms with E-state index in [1.807, 2.05) is 29.2 Å². The number of amides is 1. The summed E-state index contributed by atoms with van der Waals surface area (Å²) in [5, 5.41) is 1.59. The summed E-state index contributed by atoms with van der Waals surface area (Å²) in [7, 11) is 0. The molecule has 1 saturated heterocycles. The van der Waals surface area contributed by atoms with Crippen molar-refractivity contribution in [1.82, 2.24) is 9.80 Å². The van der Waals surface area contributed by atoms with Crippen molar-refractivity contribution in [2.45, 2.75) is 6.92 Å². The van der Waals surface area contributed by atoms with Crippen molar-refractivity contribution in [1.29, 1.82) is 0 Å². The lowest BCUT2D eigenvalue weighted by molar-refractivity contribution is 0.0648. The molecule has 2 aromatic rings. The molecule has 1 aromatic carbocycles. The number of piperazine rings is 1. The molecule has 0 aliphatic carbocycles. The summed E-state index contributed by atoms with van der Waals surface area (Å²) >= 11 is 7.88. The van der Waals surface area contributed by atoms with Crippen molar-refractivity contribution in [3.05, 3.63) is 34.2 Å². The number of carbonyl (C=O) groups is 1. The summed E-state index contributed by atoms with van der Waals surface area (Å²) in [6.45, 7) is 6.68. The minimum atomic E-state index is 0.0759. The molecule has 0 saturated carbocycles. The largest absolute Gasteiger partial charge is 0.335 e. The smallest absolute Gasteiger partial charge is 0.265 e. The molecule has 1 fully saturated rings. The van der Waals surface area contributed by atoms with Crippen LogP contribution in [0.25, 0.3) is 10.1 Å². The van der Waals surface area contributed by atoms with Crippen molar-refractivity contribution in [2.75, 3.05) is 32.7 Å². The highest BCUT2D eigenvalue weighted by atomic mass is 35.5. The predicted octanol–water partition coefficient (Wildman–Crippen LogP) is 3.33. The molecule has 1 aliphatic rings. The normalized spacial score (nSPS) is 16.8. The van der Waals surface area contributed by atoms with Crippen molar-refractivity contribution in [2.24, 2.45) is 0 Å². The van der Waals surface area contributed by atoms with Gasteiger partial charge in [0, 0.05) is 36.3 Å². The van der Waals surface area contributed by atoms with Crippen LogP contribution in [0, 0.1) is 0 Å². The SMILES string of the molecule is CCN1CCN(C(=O)c2sc3ccccc3c2Cl)CC1. The molecule has 0 atom stereocenters. The first-order chi connectivity index (χ1) is 9.70. The number of halogens is 1. The number of fused-ring (bicyclic) bond motifs is 1. The third kappa shape index (κ3) is 2.43. The maximum Gasteiger partial charge on any atom is 0.265 e. The second-order valence-electron chi connectivity index (χ2n) is 4.97. The zero-order valence-corrected chi connectivity index (χ0v) is 13.0. The van der Waals surface area contributed by atoms with Crippen LogP contribution in [-0.4, -0.2) is 48.4 Å². The number of benzene rings is 1. The first kappa shape index (κ1) is 13.9. The third-order valence-corrected chi connectivity index (χ3v) is 5.50. The van der Waals surface area contributed by atoms with Crippen LogP contribution in [0.5, 0.6) is 0 Å². The monoisotopic (exact) mass is 308 g/mol. The molecule has 1 aliphatic heterocycles. The van der Waals surface area contributed by atoms with Crippen LogP contribution in [0.4, 0.5) is 0 Å². The highest BCUT2D eigenvalue weighted by molar-refractivity contribution is 7.21. The summed E-state index contributed by atoms with van der Waals surface area (Å²) in [6, 6.07) is 7.91. The Morgan fingerprint density at radius 2 is 1.95 bits per heavy atom. The minimum absolute atomic E-state index is 0.0759. The van der Waals surface area contributed by atoms with Crippen molar-refractivity contribution < 1.29 is 4.79 Å². The zero-order chi connectivity index (χ0) is 14.1. The molecule has 5 heteroatoms. The van der Waals surface area contributed by atoms with Gasteiger partial charge in [0.15, 0.2) is 0 Å². The summed E-state index contributed by atoms with van der Waals surface area (Å²) in [5.41, 5.74) is 0. The van der Waals surface area contributed by atoms with E-state index in [9.17, 15) is 4.79 Å². The molecule has 0 N–H and O–H groups in total. The molecule has 106 valence electrons. The zero-order valence-electron chi connectivity index (χ0n) is 11.4. The molecule has 0 radical (unpaired) electrons. The fourth-order valence-electron chi connectivity index (χ4n) is 2.56. The van der Waals surface area contributed by atoms with Gasteiger partial charge in [-0.1, -0.05) is 36.7 Å². The van der Waals surface area contributed by atoms with Gasteiger partial charge in [0.05, 0.1) is 5.02 Å². The Bertz CT molecular complexity index is 632. The van der Waals surface area contributed by atoms with E-state index in [0.717, 1.165) is 42.8 Å². The first-order valence-electron chi connectivity index (χ1n) is 6.89. The average Bonchev–Trinajstić information content (AvgIpc) is 2.84. The maximum absolute atomic E-state index is 12.6. The number of thiophene rings is 1. The number of carbonyl (C=O) groups excluding carboxylic acids is 1. The molecule has 0 bridgehead atoms. The summed E-state index contributed by atoms with van der Waals surface area (Å²) in [5.74, 6) is 0.0759. The van der Waals surface area contributed by atoms with Gasteiger partial charge in [-0.15, -0.1) is 11.3 Å². The number of hydrogen-bond acceptors (Lipinski definition) is 3. The number of rotatable bonds is 2. The Labute approximate surface area is 127 Å². The quantitative estimate of drug-likeness (QED) is 0.849. The van der Waals surface area contributed by atoms with E-state index in [4.69, 9.17) is 11.6 Å². The Balaban J connectivity index is 1.84. The lowest BCUT2D eigenvalue weighted by atomic mass is 10.2. The molecule has 1 aromatic heterocycles. The topological polar surface area (TPSA) is 23.6 Å². The van der Waals surface area contributed by atoms with E-state index in [0.29, 0.717) is 9.90 Å². The second-order valence-corrected chi connectivity index (χ2v) is 6.40. The molecule has 0 unspecified atom stereocenters. The predicted molar refractivity (Wildman–Crippen MR) is 84.9 cm³/mol. The van der Waals surface area contributed by atoms with Gasteiger partial charge in [0.2, 0.25) is 0 Å². The van der Waals surface area contributed by atoms with Crippen molar-refractivity contribution >= 4 is 38.9 Å². The van der Waals surface area contributed by atoms with Gasteiger partial charge in [0.25, 0.3) is 5.91 Å². The Hall–Kier alpha value is -1.10. The number of likely N-dealkylation sites (N-methyl/N-ethyl adjacent to an activating group) is 1. The molecule has 3 rings (SSSR count). The average molecular weight is 309 g/mol. The van der Waals surface area contributed by atoms with Crippen LogP contribution in [0.2, 0.25) is 5.02 Å². The van der Waals surface area contributed by atoms with Gasteiger partial charge in [0.1, 0.15) is 4.88 Å². The van der Waals surface area contributed by atoms with Crippen molar-refractivity contribution in [3.8, 4) is 0 Å². The number of nitrogens with zero attached hydrogens (tertiary/aromatic N) is 2. The summed E-state index contributed by atoms with van der Waals surface area (Å²) in [6.07, 6.45) is 0. The standard InChI is InChI=1S/C15H17ClN2OS/c1-2-17-7-9-18(10-8-17)15(19)14-13(16)11-5-3-4-6-12(11)20-14/h3-6H,2,7-10H2,1H3. The highest BCUT2D eigenvalue weighted by Gasteiger charge is 2.25. The number of hydrogen-bond donors (Lipinski definition) is 0. The summed E-state index contributed by atoms with van der Waals surface area (Å²) < 4.78 is 1.08. The molecule has 20 heavy (non-hydrogen) atoms. The van der Waals surface area contributed by atoms with Gasteiger partial charge >= 0.3 is 0 Å². The van der Waals surface area contributed by atoms with Crippen molar-refractivity contribution in [3.63, 3.8) is 0 Å². The van der Waals surface area contributed by atoms with Crippen LogP contribution in [0.3, 0.4) is 0 Å². The molecule has 1 amide bonds. The van der Waals surface area contributed by atoms with Gasteiger partial charge in [-0.3, -0.25) is 4.79 Å². The van der Waals surface area contributed by atoms with Crippen LogP contribution >= 0.6 is 22.9 Å². The van der Waals surface area contributed by atoms with E-state index >= 15 is 0 Å². The molecular weight excluding hydrogens is 292 g/mol. The lowest BCUT2D eigenvalue weighted by Gasteiger charge is -2.33. The molecule has 2 heterocycles. The van der Waals surface area contributed by atoms with E-state index in [1.165, 1.54) is 11.3 Å². The van der Waals surface area contributed by atoms with Crippen LogP contribution in [0.15, 0.2) is 24.3 Å². The lowest BCUT2D eigenvalue weighted by Crippen LogP contribution is -2.48. The van der Waals surface area contributed by atoms with Gasteiger partial charge in [-0.2, -0.15) is 0 Å². The molecule has 3 nitrogen and oxygen atoms in total. The van der Waals surface area contributed by atoms with E-state index in [2.05, 4.69) is 11.8 Å². The van der Waals surface area contributed by atoms with Crippen LogP contribution in [-0.2, 0) is 0 Å². The van der Waals surface area contributed by atoms with Crippen LogP contribution in [0.1, 0.15) is 16.6 Å².